The SMILES string of the molecule is CC1=NC2(CCCCC2)C(=O)NN1. The summed E-state index contributed by atoms with van der Waals surface area (Å²) in [4.78, 5) is 16.1. The number of aliphatic imine (C=N–C) groups is 1. The van der Waals surface area contributed by atoms with E-state index in [2.05, 4.69) is 15.8 Å². The number of hydrogen-bond acceptors (Lipinski definition) is 3. The van der Waals surface area contributed by atoms with E-state index in [-0.39, 0.29) is 5.91 Å². The number of amidine groups is 1. The molecule has 1 aliphatic heterocycles. The predicted molar refractivity (Wildman–Crippen MR) is 50.2 cm³/mol. The number of nitrogens with one attached hydrogen (secondary N) is 2. The first-order chi connectivity index (χ1) is 6.23. The van der Waals surface area contributed by atoms with E-state index in [0.717, 1.165) is 31.5 Å². The first kappa shape index (κ1) is 8.53. The zero-order valence-electron chi connectivity index (χ0n) is 7.89. The van der Waals surface area contributed by atoms with E-state index in [1.165, 1.54) is 6.42 Å². The van der Waals surface area contributed by atoms with Gasteiger partial charge in [-0.3, -0.25) is 20.6 Å². The minimum atomic E-state index is -0.437. The van der Waals surface area contributed by atoms with Crippen LogP contribution in [-0.2, 0) is 4.79 Å². The second kappa shape index (κ2) is 3.01. The van der Waals surface area contributed by atoms with Crippen LogP contribution >= 0.6 is 0 Å². The van der Waals surface area contributed by atoms with E-state index >= 15 is 0 Å². The lowest BCUT2D eigenvalue weighted by molar-refractivity contribution is -0.128. The van der Waals surface area contributed by atoms with Crippen molar-refractivity contribution >= 4 is 11.7 Å². The van der Waals surface area contributed by atoms with Gasteiger partial charge in [-0.2, -0.15) is 0 Å². The summed E-state index contributed by atoms with van der Waals surface area (Å²) in [5.74, 6) is 0.860. The van der Waals surface area contributed by atoms with Crippen LogP contribution in [0.5, 0.6) is 0 Å². The molecule has 0 atom stereocenters. The molecule has 0 aromatic carbocycles. The summed E-state index contributed by atoms with van der Waals surface area (Å²) in [7, 11) is 0. The molecule has 0 aromatic rings. The maximum absolute atomic E-state index is 11.6. The molecule has 4 heteroatoms. The Balaban J connectivity index is 2.26. The average molecular weight is 181 g/mol. The molecule has 0 bridgehead atoms. The molecule has 1 heterocycles. The number of nitrogens with zero attached hydrogens (tertiary/aromatic N) is 1. The van der Waals surface area contributed by atoms with Gasteiger partial charge in [-0.05, 0) is 19.8 Å². The molecule has 2 rings (SSSR count). The summed E-state index contributed by atoms with van der Waals surface area (Å²) in [6, 6.07) is 0. The number of carbonyl (C=O) groups is 1. The number of carbonyl (C=O) groups excluding carboxylic acids is 1. The quantitative estimate of drug-likeness (QED) is 0.579. The van der Waals surface area contributed by atoms with Crippen molar-refractivity contribution in [3.63, 3.8) is 0 Å². The summed E-state index contributed by atoms with van der Waals surface area (Å²) >= 11 is 0. The molecule has 0 aromatic heterocycles. The highest BCUT2D eigenvalue weighted by atomic mass is 16.2. The van der Waals surface area contributed by atoms with Gasteiger partial charge in [0, 0.05) is 0 Å². The molecule has 2 N–H and O–H groups in total. The van der Waals surface area contributed by atoms with Crippen molar-refractivity contribution in [1.29, 1.82) is 0 Å². The summed E-state index contributed by atoms with van der Waals surface area (Å²) < 4.78 is 0. The molecular formula is C9H15N3O. The van der Waals surface area contributed by atoms with E-state index in [1.54, 1.807) is 0 Å². The number of hydrogen-bond donors (Lipinski definition) is 2. The molecule has 13 heavy (non-hydrogen) atoms. The molecule has 72 valence electrons. The fourth-order valence-corrected chi connectivity index (χ4v) is 2.14. The van der Waals surface area contributed by atoms with Crippen LogP contribution in [0.2, 0.25) is 0 Å². The Morgan fingerprint density at radius 2 is 1.92 bits per heavy atom. The largest absolute Gasteiger partial charge is 0.286 e. The third-order valence-electron chi connectivity index (χ3n) is 2.84. The first-order valence-electron chi connectivity index (χ1n) is 4.86. The monoisotopic (exact) mass is 181 g/mol. The van der Waals surface area contributed by atoms with Crippen LogP contribution in [0.3, 0.4) is 0 Å². The Bertz CT molecular complexity index is 254. The molecule has 2 aliphatic rings. The zero-order valence-corrected chi connectivity index (χ0v) is 7.89. The molecular weight excluding hydrogens is 166 g/mol. The van der Waals surface area contributed by atoms with Crippen molar-refractivity contribution in [2.75, 3.05) is 0 Å². The third-order valence-corrected chi connectivity index (χ3v) is 2.84. The summed E-state index contributed by atoms with van der Waals surface area (Å²) in [6.45, 7) is 1.88. The van der Waals surface area contributed by atoms with Crippen LogP contribution in [-0.4, -0.2) is 17.3 Å². The van der Waals surface area contributed by atoms with Gasteiger partial charge in [-0.25, -0.2) is 0 Å². The summed E-state index contributed by atoms with van der Waals surface area (Å²) in [5, 5.41) is 0. The van der Waals surface area contributed by atoms with E-state index in [4.69, 9.17) is 0 Å². The Kier molecular flexibility index (Phi) is 1.98. The van der Waals surface area contributed by atoms with Crippen LogP contribution < -0.4 is 10.9 Å². The predicted octanol–water partition coefficient (Wildman–Crippen LogP) is 0.742. The Morgan fingerprint density at radius 3 is 2.62 bits per heavy atom. The Labute approximate surface area is 77.8 Å². The number of amides is 1. The first-order valence-corrected chi connectivity index (χ1v) is 4.86. The van der Waals surface area contributed by atoms with E-state index in [1.807, 2.05) is 6.92 Å². The lowest BCUT2D eigenvalue weighted by atomic mass is 9.81. The van der Waals surface area contributed by atoms with Gasteiger partial charge in [0.15, 0.2) is 0 Å². The smallest absolute Gasteiger partial charge is 0.266 e. The maximum Gasteiger partial charge on any atom is 0.266 e. The van der Waals surface area contributed by atoms with Gasteiger partial charge in [0.2, 0.25) is 0 Å². The van der Waals surface area contributed by atoms with Crippen LogP contribution in [0.1, 0.15) is 39.0 Å². The van der Waals surface area contributed by atoms with Crippen molar-refractivity contribution in [2.24, 2.45) is 4.99 Å². The van der Waals surface area contributed by atoms with Gasteiger partial charge < -0.3 is 0 Å². The minimum absolute atomic E-state index is 0.0396. The number of rotatable bonds is 0. The van der Waals surface area contributed by atoms with Gasteiger partial charge in [-0.15, -0.1) is 0 Å². The second-order valence-electron chi connectivity index (χ2n) is 3.87. The maximum atomic E-state index is 11.6. The standard InChI is InChI=1S/C9H15N3O/c1-7-10-9(8(13)12-11-7)5-3-2-4-6-9/h2-6H2,1H3,(H,10,11)(H,12,13). The highest BCUT2D eigenvalue weighted by molar-refractivity contribution is 5.95. The van der Waals surface area contributed by atoms with Gasteiger partial charge >= 0.3 is 0 Å². The number of hydrazine groups is 1. The molecule has 1 fully saturated rings. The minimum Gasteiger partial charge on any atom is -0.286 e. The van der Waals surface area contributed by atoms with Crippen LogP contribution in [0.25, 0.3) is 0 Å². The molecule has 4 nitrogen and oxygen atoms in total. The molecule has 1 aliphatic carbocycles. The summed E-state index contributed by atoms with van der Waals surface area (Å²) in [6.07, 6.45) is 5.27. The molecule has 0 radical (unpaired) electrons. The zero-order chi connectivity index (χ0) is 9.31. The third kappa shape index (κ3) is 1.41. The van der Waals surface area contributed by atoms with E-state index in [0.29, 0.717) is 0 Å². The summed E-state index contributed by atoms with van der Waals surface area (Å²) in [5.41, 5.74) is 4.99. The average Bonchev–Trinajstić information content (AvgIpc) is 2.14. The fourth-order valence-electron chi connectivity index (χ4n) is 2.14. The van der Waals surface area contributed by atoms with Gasteiger partial charge in [0.05, 0.1) is 0 Å². The van der Waals surface area contributed by atoms with Crippen molar-refractivity contribution in [1.82, 2.24) is 10.9 Å². The van der Waals surface area contributed by atoms with E-state index in [9.17, 15) is 4.79 Å². The second-order valence-corrected chi connectivity index (χ2v) is 3.87. The molecule has 1 saturated carbocycles. The van der Waals surface area contributed by atoms with Crippen LogP contribution in [0.15, 0.2) is 4.99 Å². The van der Waals surface area contributed by atoms with Gasteiger partial charge in [0.25, 0.3) is 5.91 Å². The molecule has 0 unspecified atom stereocenters. The molecule has 0 saturated heterocycles. The fraction of sp³-hybridized carbons (Fsp3) is 0.778. The van der Waals surface area contributed by atoms with E-state index < -0.39 is 5.54 Å². The topological polar surface area (TPSA) is 53.5 Å². The highest BCUT2D eigenvalue weighted by Crippen LogP contribution is 2.32. The van der Waals surface area contributed by atoms with Crippen LogP contribution in [0, 0.1) is 0 Å². The highest BCUT2D eigenvalue weighted by Gasteiger charge is 2.41. The van der Waals surface area contributed by atoms with Crippen molar-refractivity contribution in [3.8, 4) is 0 Å². The normalized spacial score (nSPS) is 26.2. The van der Waals surface area contributed by atoms with Crippen LogP contribution in [0.4, 0.5) is 0 Å². The van der Waals surface area contributed by atoms with Gasteiger partial charge in [0.1, 0.15) is 11.4 Å². The Morgan fingerprint density at radius 1 is 1.23 bits per heavy atom. The lowest BCUT2D eigenvalue weighted by Gasteiger charge is -2.35. The molecule has 1 amide bonds. The molecule has 1 spiro atoms. The lowest BCUT2D eigenvalue weighted by Crippen LogP contribution is -2.57. The van der Waals surface area contributed by atoms with Crippen molar-refractivity contribution in [2.45, 2.75) is 44.6 Å². The Hall–Kier alpha value is -1.06. The van der Waals surface area contributed by atoms with Gasteiger partial charge in [-0.1, -0.05) is 19.3 Å². The van der Waals surface area contributed by atoms with Crippen molar-refractivity contribution < 1.29 is 4.79 Å². The van der Waals surface area contributed by atoms with Crippen molar-refractivity contribution in [3.05, 3.63) is 0 Å².